The van der Waals surface area contributed by atoms with Gasteiger partial charge in [0.2, 0.25) is 0 Å². The van der Waals surface area contributed by atoms with Crippen LogP contribution in [-0.2, 0) is 33.3 Å². The lowest BCUT2D eigenvalue weighted by Gasteiger charge is -2.30. The first-order valence-corrected chi connectivity index (χ1v) is 11.6. The number of esters is 1. The predicted molar refractivity (Wildman–Crippen MR) is 113 cm³/mol. The summed E-state index contributed by atoms with van der Waals surface area (Å²) in [6, 6.07) is 0. The lowest BCUT2D eigenvalue weighted by atomic mass is 10.1. The van der Waals surface area contributed by atoms with Crippen molar-refractivity contribution in [3.8, 4) is 0 Å². The van der Waals surface area contributed by atoms with Crippen LogP contribution in [0, 0.1) is 0 Å². The van der Waals surface area contributed by atoms with Crippen LogP contribution in [0.4, 0.5) is 4.79 Å². The molecule has 1 saturated heterocycles. The van der Waals surface area contributed by atoms with Gasteiger partial charge in [-0.1, -0.05) is 0 Å². The number of carbonyl (C=O) groups excluding carboxylic acids is 3. The van der Waals surface area contributed by atoms with E-state index in [0.29, 0.717) is 38.3 Å². The molecule has 1 amide bonds. The van der Waals surface area contributed by atoms with E-state index in [9.17, 15) is 14.4 Å². The Bertz CT molecular complexity index is 497. The molecule has 0 aromatic rings. The Balaban J connectivity index is 1.81. The van der Waals surface area contributed by atoms with Gasteiger partial charge in [-0.2, -0.15) is 11.8 Å². The smallest absolute Gasteiger partial charge is 0.409 e. The van der Waals surface area contributed by atoms with E-state index in [1.807, 2.05) is 11.8 Å². The second kappa shape index (κ2) is 17.3. The fraction of sp³-hybridized carbons (Fsp3) is 0.850. The lowest BCUT2D eigenvalue weighted by Crippen LogP contribution is -2.39. The molecule has 0 aromatic carbocycles. The Kier molecular flexibility index (Phi) is 15.4. The number of likely N-dealkylation sites (tertiary alicyclic amines) is 1. The Morgan fingerprint density at radius 1 is 0.800 bits per heavy atom. The third-order valence-corrected chi connectivity index (χ3v) is 5.54. The highest BCUT2D eigenvalue weighted by atomic mass is 32.2. The van der Waals surface area contributed by atoms with E-state index in [1.165, 1.54) is 6.92 Å². The minimum Gasteiger partial charge on any atom is -0.463 e. The molecule has 10 heteroatoms. The highest BCUT2D eigenvalue weighted by molar-refractivity contribution is 7.99. The van der Waals surface area contributed by atoms with E-state index < -0.39 is 5.97 Å². The summed E-state index contributed by atoms with van der Waals surface area (Å²) in [7, 11) is 0. The molecule has 0 spiro atoms. The minimum absolute atomic E-state index is 0.0350. The standard InChI is InChI=1S/C20H35NO8S/c1-17(22)3-4-19(23)28-15-13-26-11-9-25-10-12-27-14-16-29-20(24)21-7-5-18(30-2)6-8-21/h18H,3-16H2,1-2H3. The third-order valence-electron chi connectivity index (χ3n) is 4.40. The molecule has 0 aliphatic carbocycles. The number of carbonyl (C=O) groups is 3. The van der Waals surface area contributed by atoms with Gasteiger partial charge in [-0.3, -0.25) is 4.79 Å². The number of amides is 1. The zero-order chi connectivity index (χ0) is 22.0. The average molecular weight is 450 g/mol. The number of ketones is 1. The van der Waals surface area contributed by atoms with E-state index in [2.05, 4.69) is 6.26 Å². The highest BCUT2D eigenvalue weighted by Gasteiger charge is 2.22. The van der Waals surface area contributed by atoms with Crippen molar-refractivity contribution in [2.75, 3.05) is 72.2 Å². The van der Waals surface area contributed by atoms with Crippen molar-refractivity contribution in [3.05, 3.63) is 0 Å². The summed E-state index contributed by atoms with van der Waals surface area (Å²) in [5.74, 6) is -0.430. The largest absolute Gasteiger partial charge is 0.463 e. The molecule has 1 rings (SSSR count). The number of hydrogen-bond acceptors (Lipinski definition) is 9. The molecule has 1 aliphatic heterocycles. The van der Waals surface area contributed by atoms with E-state index in [0.717, 1.165) is 25.9 Å². The summed E-state index contributed by atoms with van der Waals surface area (Å²) in [6.07, 6.45) is 4.17. The predicted octanol–water partition coefficient (Wildman–Crippen LogP) is 1.91. The molecule has 174 valence electrons. The summed E-state index contributed by atoms with van der Waals surface area (Å²) in [5.41, 5.74) is 0. The maximum atomic E-state index is 11.9. The molecular weight excluding hydrogens is 414 g/mol. The van der Waals surface area contributed by atoms with Gasteiger partial charge in [0.25, 0.3) is 0 Å². The van der Waals surface area contributed by atoms with Crippen molar-refractivity contribution in [1.82, 2.24) is 4.90 Å². The number of nitrogens with zero attached hydrogens (tertiary/aromatic N) is 1. The molecule has 0 bridgehead atoms. The first-order valence-electron chi connectivity index (χ1n) is 10.4. The molecule has 0 N–H and O–H groups in total. The van der Waals surface area contributed by atoms with E-state index >= 15 is 0 Å². The van der Waals surface area contributed by atoms with Crippen molar-refractivity contribution in [1.29, 1.82) is 0 Å². The minimum atomic E-state index is -0.395. The number of rotatable bonds is 16. The van der Waals surface area contributed by atoms with Crippen molar-refractivity contribution in [3.63, 3.8) is 0 Å². The van der Waals surface area contributed by atoms with Crippen LogP contribution in [0.15, 0.2) is 0 Å². The molecule has 1 aliphatic rings. The fourth-order valence-corrected chi connectivity index (χ4v) is 3.34. The summed E-state index contributed by atoms with van der Waals surface area (Å²) in [5, 5.41) is 0.643. The van der Waals surface area contributed by atoms with Gasteiger partial charge in [-0.15, -0.1) is 0 Å². The van der Waals surface area contributed by atoms with E-state index in [-0.39, 0.29) is 44.5 Å². The zero-order valence-corrected chi connectivity index (χ0v) is 18.9. The van der Waals surface area contributed by atoms with Crippen LogP contribution in [0.3, 0.4) is 0 Å². The SMILES string of the molecule is CSC1CCN(C(=O)OCCOCCOCCOCCOC(=O)CCC(C)=O)CC1. The molecule has 0 atom stereocenters. The van der Waals surface area contributed by atoms with Gasteiger partial charge in [0.05, 0.1) is 46.1 Å². The molecule has 0 unspecified atom stereocenters. The first kappa shape index (κ1) is 26.7. The third kappa shape index (κ3) is 13.8. The van der Waals surface area contributed by atoms with Gasteiger partial charge in [0.15, 0.2) is 0 Å². The van der Waals surface area contributed by atoms with Crippen molar-refractivity contribution in [2.45, 2.75) is 37.9 Å². The van der Waals surface area contributed by atoms with Gasteiger partial charge in [-0.25, -0.2) is 4.79 Å². The Morgan fingerprint density at radius 3 is 1.80 bits per heavy atom. The first-order chi connectivity index (χ1) is 14.5. The monoisotopic (exact) mass is 449 g/mol. The van der Waals surface area contributed by atoms with Crippen LogP contribution in [0.1, 0.15) is 32.6 Å². The van der Waals surface area contributed by atoms with Gasteiger partial charge >= 0.3 is 12.1 Å². The van der Waals surface area contributed by atoms with Crippen molar-refractivity contribution >= 4 is 29.6 Å². The van der Waals surface area contributed by atoms with Crippen molar-refractivity contribution in [2.24, 2.45) is 0 Å². The zero-order valence-electron chi connectivity index (χ0n) is 18.1. The number of ether oxygens (including phenoxy) is 5. The topological polar surface area (TPSA) is 101 Å². The Labute approximate surface area is 183 Å². The van der Waals surface area contributed by atoms with Gasteiger partial charge < -0.3 is 33.4 Å². The molecule has 0 radical (unpaired) electrons. The lowest BCUT2D eigenvalue weighted by molar-refractivity contribution is -0.146. The molecule has 0 aromatic heterocycles. The van der Waals surface area contributed by atoms with E-state index in [4.69, 9.17) is 23.7 Å². The number of piperidine rings is 1. The number of hydrogen-bond donors (Lipinski definition) is 0. The molecule has 0 saturated carbocycles. The van der Waals surface area contributed by atoms with E-state index in [1.54, 1.807) is 4.90 Å². The summed E-state index contributed by atoms with van der Waals surface area (Å²) < 4.78 is 26.1. The maximum absolute atomic E-state index is 11.9. The van der Waals surface area contributed by atoms with Gasteiger partial charge in [0, 0.05) is 24.8 Å². The summed E-state index contributed by atoms with van der Waals surface area (Å²) >= 11 is 1.85. The molecule has 1 heterocycles. The van der Waals surface area contributed by atoms with Crippen LogP contribution < -0.4 is 0 Å². The van der Waals surface area contributed by atoms with Crippen LogP contribution in [0.2, 0.25) is 0 Å². The highest BCUT2D eigenvalue weighted by Crippen LogP contribution is 2.21. The summed E-state index contributed by atoms with van der Waals surface area (Å²) in [4.78, 5) is 35.7. The number of Topliss-reactive ketones (excluding diaryl/α,β-unsaturated/α-hetero) is 1. The van der Waals surface area contributed by atoms with Crippen LogP contribution in [0.25, 0.3) is 0 Å². The normalized spacial score (nSPS) is 14.5. The Morgan fingerprint density at radius 2 is 1.30 bits per heavy atom. The summed E-state index contributed by atoms with van der Waals surface area (Å²) in [6.45, 7) is 5.57. The Hall–Kier alpha value is -1.36. The van der Waals surface area contributed by atoms with Gasteiger partial charge in [0.1, 0.15) is 19.0 Å². The second-order valence-electron chi connectivity index (χ2n) is 6.80. The van der Waals surface area contributed by atoms with Crippen LogP contribution >= 0.6 is 11.8 Å². The van der Waals surface area contributed by atoms with Crippen LogP contribution in [0.5, 0.6) is 0 Å². The molecule has 1 fully saturated rings. The van der Waals surface area contributed by atoms with Crippen LogP contribution in [-0.4, -0.2) is 100 Å². The second-order valence-corrected chi connectivity index (χ2v) is 7.93. The molecule has 9 nitrogen and oxygen atoms in total. The number of thioether (sulfide) groups is 1. The maximum Gasteiger partial charge on any atom is 0.409 e. The molecule has 30 heavy (non-hydrogen) atoms. The fourth-order valence-electron chi connectivity index (χ4n) is 2.66. The van der Waals surface area contributed by atoms with Gasteiger partial charge in [-0.05, 0) is 26.0 Å². The quantitative estimate of drug-likeness (QED) is 0.258. The average Bonchev–Trinajstić information content (AvgIpc) is 2.75. The molecular formula is C20H35NO8S. The van der Waals surface area contributed by atoms with Crippen molar-refractivity contribution < 1.29 is 38.1 Å².